The van der Waals surface area contributed by atoms with Gasteiger partial charge in [-0.3, -0.25) is 4.79 Å². The molecule has 0 fully saturated rings. The number of rotatable bonds is 4. The molecule has 9 nitrogen and oxygen atoms in total. The second-order valence-electron chi connectivity index (χ2n) is 8.00. The molecule has 0 spiro atoms. The number of nitrogens with one attached hydrogen (secondary N) is 1. The molecule has 1 amide bonds. The summed E-state index contributed by atoms with van der Waals surface area (Å²) in [5.41, 5.74) is 5.29. The molecular weight excluding hydrogens is 420 g/mol. The average Bonchev–Trinajstić information content (AvgIpc) is 3.15. The van der Waals surface area contributed by atoms with Gasteiger partial charge in [0.25, 0.3) is 5.95 Å². The number of aromatic nitrogens is 5. The molecule has 3 heterocycles. The van der Waals surface area contributed by atoms with Gasteiger partial charge in [-0.15, -0.1) is 5.10 Å². The lowest BCUT2D eigenvalue weighted by molar-refractivity contribution is -0.116. The van der Waals surface area contributed by atoms with Crippen LogP contribution in [0.25, 0.3) is 17.2 Å². The van der Waals surface area contributed by atoms with Crippen LogP contribution in [-0.2, 0) is 4.79 Å². The van der Waals surface area contributed by atoms with Crippen LogP contribution in [0.2, 0.25) is 0 Å². The van der Waals surface area contributed by atoms with Crippen molar-refractivity contribution in [1.82, 2.24) is 25.0 Å². The number of nitrogens with zero attached hydrogens (tertiary/aromatic N) is 5. The van der Waals surface area contributed by atoms with Crippen LogP contribution in [0.15, 0.2) is 54.7 Å². The van der Waals surface area contributed by atoms with E-state index >= 15 is 0 Å². The summed E-state index contributed by atoms with van der Waals surface area (Å²) in [6.07, 6.45) is 1.82. The number of amides is 1. The summed E-state index contributed by atoms with van der Waals surface area (Å²) in [5, 5.41) is 24.9. The van der Waals surface area contributed by atoms with Crippen LogP contribution in [-0.4, -0.2) is 41.9 Å². The molecule has 0 saturated heterocycles. The van der Waals surface area contributed by atoms with Crippen LogP contribution in [0, 0.1) is 13.8 Å². The summed E-state index contributed by atoms with van der Waals surface area (Å²) >= 11 is 0. The predicted molar refractivity (Wildman–Crippen MR) is 120 cm³/mol. The van der Waals surface area contributed by atoms with Gasteiger partial charge in [-0.25, -0.2) is 9.78 Å². The normalized spacial score (nSPS) is 15.1. The fraction of sp³-hybridized carbons (Fsp3) is 0.167. The molecule has 0 saturated carbocycles. The maximum atomic E-state index is 12.6. The Bertz CT molecular complexity index is 1380. The number of fused-ring (bicyclic) bond motifs is 1. The molecule has 0 bridgehead atoms. The lowest BCUT2D eigenvalue weighted by Crippen LogP contribution is -2.25. The second kappa shape index (κ2) is 7.94. The van der Waals surface area contributed by atoms with Crippen molar-refractivity contribution in [3.05, 3.63) is 82.7 Å². The Morgan fingerprint density at radius 2 is 1.82 bits per heavy atom. The minimum atomic E-state index is -0.995. The third-order valence-electron chi connectivity index (χ3n) is 5.75. The smallest absolute Gasteiger partial charge is 0.335 e. The van der Waals surface area contributed by atoms with E-state index < -0.39 is 5.97 Å². The zero-order valence-corrected chi connectivity index (χ0v) is 18.0. The van der Waals surface area contributed by atoms with Gasteiger partial charge < -0.3 is 10.4 Å². The van der Waals surface area contributed by atoms with E-state index in [4.69, 9.17) is 0 Å². The van der Waals surface area contributed by atoms with Crippen molar-refractivity contribution in [1.29, 1.82) is 0 Å². The van der Waals surface area contributed by atoms with E-state index in [2.05, 4.69) is 25.6 Å². The Balaban J connectivity index is 1.58. The first-order valence-electron chi connectivity index (χ1n) is 10.4. The Kier molecular flexibility index (Phi) is 4.93. The molecule has 2 aromatic carbocycles. The lowest BCUT2D eigenvalue weighted by atomic mass is 9.85. The van der Waals surface area contributed by atoms with Crippen LogP contribution in [0.1, 0.15) is 45.1 Å². The molecule has 164 valence electrons. The molecule has 33 heavy (non-hydrogen) atoms. The summed E-state index contributed by atoms with van der Waals surface area (Å²) in [7, 11) is 0. The first kappa shape index (κ1) is 20.5. The van der Waals surface area contributed by atoms with Crippen molar-refractivity contribution in [2.45, 2.75) is 26.2 Å². The Morgan fingerprint density at radius 3 is 2.52 bits per heavy atom. The fourth-order valence-electron chi connectivity index (χ4n) is 4.08. The number of carbonyl (C=O) groups is 2. The average molecular weight is 440 g/mol. The van der Waals surface area contributed by atoms with E-state index in [1.807, 2.05) is 38.1 Å². The van der Waals surface area contributed by atoms with Gasteiger partial charge in [-0.2, -0.15) is 14.9 Å². The topological polar surface area (TPSA) is 123 Å². The van der Waals surface area contributed by atoms with Crippen molar-refractivity contribution in [2.24, 2.45) is 0 Å². The standard InChI is InChI=1S/C24H20N6O3/c1-13-3-5-16(6-4-13)19-12-25-28-24(26-19)30-22-21(14(2)29-30)18(11-20(31)27-22)15-7-9-17(10-8-15)23(32)33/h3-10,12,18H,11H2,1-2H3,(H,27,31)(H,32,33)/t18-/m0/s1. The highest BCUT2D eigenvalue weighted by Crippen LogP contribution is 2.40. The summed E-state index contributed by atoms with van der Waals surface area (Å²) in [6.45, 7) is 3.88. The molecule has 0 unspecified atom stereocenters. The molecule has 9 heteroatoms. The van der Waals surface area contributed by atoms with Crippen LogP contribution in [0.3, 0.4) is 0 Å². The maximum Gasteiger partial charge on any atom is 0.335 e. The van der Waals surface area contributed by atoms with Gasteiger partial charge in [-0.1, -0.05) is 42.0 Å². The summed E-state index contributed by atoms with van der Waals surface area (Å²) in [5.74, 6) is -0.679. The van der Waals surface area contributed by atoms with E-state index in [0.29, 0.717) is 11.5 Å². The minimum Gasteiger partial charge on any atom is -0.478 e. The summed E-state index contributed by atoms with van der Waals surface area (Å²) in [6, 6.07) is 14.5. The largest absolute Gasteiger partial charge is 0.478 e. The molecule has 1 aliphatic heterocycles. The molecule has 0 radical (unpaired) electrons. The molecule has 4 aromatic rings. The monoisotopic (exact) mass is 440 g/mol. The Morgan fingerprint density at radius 1 is 1.09 bits per heavy atom. The number of aromatic carboxylic acids is 1. The van der Waals surface area contributed by atoms with Crippen LogP contribution < -0.4 is 5.32 Å². The minimum absolute atomic E-state index is 0.168. The van der Waals surface area contributed by atoms with Crippen molar-refractivity contribution in [3.8, 4) is 17.2 Å². The van der Waals surface area contributed by atoms with Gasteiger partial charge in [-0.05, 0) is 31.5 Å². The zero-order valence-electron chi connectivity index (χ0n) is 18.0. The molecule has 2 aromatic heterocycles. The van der Waals surface area contributed by atoms with Gasteiger partial charge >= 0.3 is 5.97 Å². The highest BCUT2D eigenvalue weighted by Gasteiger charge is 2.33. The molecule has 0 aliphatic carbocycles. The van der Waals surface area contributed by atoms with Crippen molar-refractivity contribution in [2.75, 3.05) is 5.32 Å². The number of aryl methyl sites for hydroxylation is 2. The predicted octanol–water partition coefficient (Wildman–Crippen LogP) is 3.51. The SMILES string of the molecule is Cc1ccc(-c2cnnc(-n3nc(C)c4c3NC(=O)C[C@H]4c3ccc(C(=O)O)cc3)n2)cc1. The summed E-state index contributed by atoms with van der Waals surface area (Å²) in [4.78, 5) is 28.4. The van der Waals surface area contributed by atoms with Crippen molar-refractivity contribution < 1.29 is 14.7 Å². The van der Waals surface area contributed by atoms with Crippen LogP contribution >= 0.6 is 0 Å². The van der Waals surface area contributed by atoms with E-state index in [-0.39, 0.29) is 29.8 Å². The van der Waals surface area contributed by atoms with Crippen molar-refractivity contribution >= 4 is 17.7 Å². The lowest BCUT2D eigenvalue weighted by Gasteiger charge is -2.24. The first-order valence-corrected chi connectivity index (χ1v) is 10.4. The van der Waals surface area contributed by atoms with E-state index in [0.717, 1.165) is 27.9 Å². The van der Waals surface area contributed by atoms with E-state index in [1.54, 1.807) is 30.5 Å². The first-order chi connectivity index (χ1) is 15.9. The fourth-order valence-corrected chi connectivity index (χ4v) is 4.08. The van der Waals surface area contributed by atoms with Crippen molar-refractivity contribution in [3.63, 3.8) is 0 Å². The number of anilines is 1. The number of hydrogen-bond donors (Lipinski definition) is 2. The highest BCUT2D eigenvalue weighted by molar-refractivity contribution is 5.95. The molecule has 5 rings (SSSR count). The maximum absolute atomic E-state index is 12.6. The molecule has 1 atom stereocenters. The van der Waals surface area contributed by atoms with Crippen LogP contribution in [0.4, 0.5) is 5.82 Å². The third-order valence-corrected chi connectivity index (χ3v) is 5.75. The number of carboxylic acid groups (broad SMARTS) is 1. The van der Waals surface area contributed by atoms with E-state index in [1.165, 1.54) is 4.68 Å². The number of carbonyl (C=O) groups excluding carboxylic acids is 1. The molecular formula is C24H20N6O3. The van der Waals surface area contributed by atoms with Gasteiger partial charge in [0.2, 0.25) is 5.91 Å². The Hall–Kier alpha value is -4.40. The second-order valence-corrected chi connectivity index (χ2v) is 8.00. The third kappa shape index (κ3) is 3.73. The molecule has 1 aliphatic rings. The van der Waals surface area contributed by atoms with Crippen LogP contribution in [0.5, 0.6) is 0 Å². The zero-order chi connectivity index (χ0) is 23.1. The number of hydrogen-bond acceptors (Lipinski definition) is 6. The number of carboxylic acids is 1. The van der Waals surface area contributed by atoms with Gasteiger partial charge in [0, 0.05) is 23.5 Å². The molecule has 2 N–H and O–H groups in total. The van der Waals surface area contributed by atoms with Gasteiger partial charge in [0.15, 0.2) is 0 Å². The van der Waals surface area contributed by atoms with Gasteiger partial charge in [0.1, 0.15) is 5.82 Å². The number of benzene rings is 2. The van der Waals surface area contributed by atoms with E-state index in [9.17, 15) is 14.7 Å². The highest BCUT2D eigenvalue weighted by atomic mass is 16.4. The quantitative estimate of drug-likeness (QED) is 0.498. The summed E-state index contributed by atoms with van der Waals surface area (Å²) < 4.78 is 1.50. The Labute approximate surface area is 189 Å². The van der Waals surface area contributed by atoms with Gasteiger partial charge in [0.05, 0.1) is 23.1 Å².